The van der Waals surface area contributed by atoms with E-state index in [-0.39, 0.29) is 11.5 Å². The second-order valence-corrected chi connectivity index (χ2v) is 6.17. The lowest BCUT2D eigenvalue weighted by Crippen LogP contribution is -2.11. The van der Waals surface area contributed by atoms with E-state index in [1.54, 1.807) is 0 Å². The summed E-state index contributed by atoms with van der Waals surface area (Å²) in [5, 5.41) is 11.8. The van der Waals surface area contributed by atoms with Crippen LogP contribution in [0.3, 0.4) is 0 Å². The van der Waals surface area contributed by atoms with Crippen molar-refractivity contribution in [1.29, 1.82) is 0 Å². The van der Waals surface area contributed by atoms with Crippen LogP contribution in [0.4, 0.5) is 5.69 Å². The summed E-state index contributed by atoms with van der Waals surface area (Å²) >= 11 is 1.46. The number of nitrogens with one attached hydrogen (secondary N) is 1. The number of amides is 1. The van der Waals surface area contributed by atoms with Crippen molar-refractivity contribution < 1.29 is 24.2 Å². The molecule has 0 spiro atoms. The highest BCUT2D eigenvalue weighted by atomic mass is 32.1. The van der Waals surface area contributed by atoms with Gasteiger partial charge < -0.3 is 19.9 Å². The van der Waals surface area contributed by atoms with E-state index in [1.807, 2.05) is 6.07 Å². The minimum absolute atomic E-state index is 0.101. The second kappa shape index (κ2) is 6.39. The Morgan fingerprint density at radius 3 is 2.87 bits per heavy atom. The molecule has 3 rings (SSSR count). The molecule has 0 saturated heterocycles. The highest BCUT2D eigenvalue weighted by Gasteiger charge is 2.19. The number of hydrogen-bond acceptors (Lipinski definition) is 5. The largest absolute Gasteiger partial charge is 0.495 e. The standard InChI is InChI=1S/C16H15NO5S/c1-21-12-6-9(16(19)20)2-3-11(12)17-15(18)14-7-10-8-22-5-4-13(10)23-14/h2-3,6-7H,4-5,8H2,1H3,(H,17,18)(H,19,20). The SMILES string of the molecule is COc1cc(C(=O)O)ccc1NC(=O)c1cc2c(s1)CCOC2. The highest BCUT2D eigenvalue weighted by Crippen LogP contribution is 2.30. The topological polar surface area (TPSA) is 84.9 Å². The molecule has 1 amide bonds. The summed E-state index contributed by atoms with van der Waals surface area (Å²) in [7, 11) is 1.43. The molecule has 0 fully saturated rings. The van der Waals surface area contributed by atoms with Gasteiger partial charge in [0.2, 0.25) is 0 Å². The van der Waals surface area contributed by atoms with E-state index in [9.17, 15) is 9.59 Å². The number of hydrogen-bond donors (Lipinski definition) is 2. The summed E-state index contributed by atoms with van der Waals surface area (Å²) < 4.78 is 10.5. The van der Waals surface area contributed by atoms with Crippen LogP contribution in [0.2, 0.25) is 0 Å². The van der Waals surface area contributed by atoms with Gasteiger partial charge in [0, 0.05) is 11.3 Å². The zero-order valence-electron chi connectivity index (χ0n) is 12.4. The molecule has 2 heterocycles. The van der Waals surface area contributed by atoms with Gasteiger partial charge in [0.1, 0.15) is 5.75 Å². The quantitative estimate of drug-likeness (QED) is 0.899. The van der Waals surface area contributed by atoms with Gasteiger partial charge >= 0.3 is 5.97 Å². The zero-order valence-corrected chi connectivity index (χ0v) is 13.2. The van der Waals surface area contributed by atoms with E-state index in [0.717, 1.165) is 12.0 Å². The van der Waals surface area contributed by atoms with Crippen LogP contribution < -0.4 is 10.1 Å². The fourth-order valence-electron chi connectivity index (χ4n) is 2.37. The Morgan fingerprint density at radius 1 is 1.35 bits per heavy atom. The Bertz CT molecular complexity index is 744. The molecule has 120 valence electrons. The van der Waals surface area contributed by atoms with Gasteiger partial charge in [0.15, 0.2) is 0 Å². The third-order valence-electron chi connectivity index (χ3n) is 3.55. The number of fused-ring (bicyclic) bond motifs is 1. The number of carbonyl (C=O) groups is 2. The van der Waals surface area contributed by atoms with Crippen LogP contribution in [0.1, 0.15) is 30.5 Å². The van der Waals surface area contributed by atoms with E-state index in [2.05, 4.69) is 5.32 Å². The third kappa shape index (κ3) is 3.20. The smallest absolute Gasteiger partial charge is 0.335 e. The number of anilines is 1. The molecule has 0 saturated carbocycles. The summed E-state index contributed by atoms with van der Waals surface area (Å²) in [5.41, 5.74) is 1.59. The third-order valence-corrected chi connectivity index (χ3v) is 4.78. The Kier molecular flexibility index (Phi) is 4.31. The molecule has 7 heteroatoms. The number of rotatable bonds is 4. The molecule has 1 aliphatic heterocycles. The number of carboxylic acids is 1. The maximum absolute atomic E-state index is 12.4. The summed E-state index contributed by atoms with van der Waals surface area (Å²) in [5.74, 6) is -0.985. The minimum Gasteiger partial charge on any atom is -0.495 e. The highest BCUT2D eigenvalue weighted by molar-refractivity contribution is 7.14. The molecule has 2 aromatic rings. The fourth-order valence-corrected chi connectivity index (χ4v) is 3.42. The Hall–Kier alpha value is -2.38. The molecule has 0 radical (unpaired) electrons. The van der Waals surface area contributed by atoms with Gasteiger partial charge in [0.05, 0.1) is 36.5 Å². The second-order valence-electron chi connectivity index (χ2n) is 5.04. The van der Waals surface area contributed by atoms with E-state index in [4.69, 9.17) is 14.6 Å². The zero-order chi connectivity index (χ0) is 16.4. The van der Waals surface area contributed by atoms with Crippen LogP contribution in [-0.2, 0) is 17.8 Å². The number of carbonyl (C=O) groups excluding carboxylic acids is 1. The van der Waals surface area contributed by atoms with Crippen molar-refractivity contribution in [3.8, 4) is 5.75 Å². The normalized spacial score (nSPS) is 13.3. The fraction of sp³-hybridized carbons (Fsp3) is 0.250. The summed E-state index contributed by atoms with van der Waals surface area (Å²) in [6, 6.07) is 6.17. The Balaban J connectivity index is 1.82. The van der Waals surface area contributed by atoms with Crippen molar-refractivity contribution in [2.24, 2.45) is 0 Å². The molecule has 1 aliphatic rings. The number of benzene rings is 1. The molecule has 1 aromatic heterocycles. The van der Waals surface area contributed by atoms with Gasteiger partial charge in [-0.1, -0.05) is 0 Å². The van der Waals surface area contributed by atoms with Crippen LogP contribution in [0.15, 0.2) is 24.3 Å². The maximum atomic E-state index is 12.4. The van der Waals surface area contributed by atoms with Gasteiger partial charge in [-0.25, -0.2) is 4.79 Å². The van der Waals surface area contributed by atoms with Crippen molar-refractivity contribution in [3.05, 3.63) is 45.1 Å². The van der Waals surface area contributed by atoms with E-state index >= 15 is 0 Å². The first kappa shape index (κ1) is 15.5. The van der Waals surface area contributed by atoms with Gasteiger partial charge in [-0.3, -0.25) is 4.79 Å². The van der Waals surface area contributed by atoms with E-state index in [0.29, 0.717) is 29.5 Å². The summed E-state index contributed by atoms with van der Waals surface area (Å²) in [6.45, 7) is 1.22. The van der Waals surface area contributed by atoms with Crippen LogP contribution in [0.25, 0.3) is 0 Å². The van der Waals surface area contributed by atoms with Crippen molar-refractivity contribution in [1.82, 2.24) is 0 Å². The molecule has 0 atom stereocenters. The van der Waals surface area contributed by atoms with Crippen molar-refractivity contribution >= 4 is 28.9 Å². The number of methoxy groups -OCH3 is 1. The monoisotopic (exact) mass is 333 g/mol. The van der Waals surface area contributed by atoms with Crippen LogP contribution in [0, 0.1) is 0 Å². The van der Waals surface area contributed by atoms with Crippen LogP contribution >= 0.6 is 11.3 Å². The van der Waals surface area contributed by atoms with Gasteiger partial charge in [0.25, 0.3) is 5.91 Å². The summed E-state index contributed by atoms with van der Waals surface area (Å²) in [4.78, 5) is 25.2. The first-order valence-electron chi connectivity index (χ1n) is 7.00. The van der Waals surface area contributed by atoms with E-state index < -0.39 is 5.97 Å². The molecular weight excluding hydrogens is 318 g/mol. The van der Waals surface area contributed by atoms with Gasteiger partial charge in [-0.2, -0.15) is 0 Å². The predicted molar refractivity (Wildman–Crippen MR) is 85.6 cm³/mol. The molecule has 0 aliphatic carbocycles. The van der Waals surface area contributed by atoms with Crippen LogP contribution in [-0.4, -0.2) is 30.7 Å². The first-order chi connectivity index (χ1) is 11.1. The Labute approximate surface area is 136 Å². The van der Waals surface area contributed by atoms with Gasteiger partial charge in [-0.05, 0) is 29.8 Å². The molecule has 0 bridgehead atoms. The number of ether oxygens (including phenoxy) is 2. The number of aromatic carboxylic acids is 1. The van der Waals surface area contributed by atoms with Crippen molar-refractivity contribution in [2.45, 2.75) is 13.0 Å². The van der Waals surface area contributed by atoms with Gasteiger partial charge in [-0.15, -0.1) is 11.3 Å². The molecule has 23 heavy (non-hydrogen) atoms. The lowest BCUT2D eigenvalue weighted by Gasteiger charge is -2.10. The lowest BCUT2D eigenvalue weighted by molar-refractivity contribution is 0.0696. The average molecular weight is 333 g/mol. The van der Waals surface area contributed by atoms with Crippen molar-refractivity contribution in [2.75, 3.05) is 19.0 Å². The maximum Gasteiger partial charge on any atom is 0.335 e. The Morgan fingerprint density at radius 2 is 2.17 bits per heavy atom. The van der Waals surface area contributed by atoms with Crippen LogP contribution in [0.5, 0.6) is 5.75 Å². The van der Waals surface area contributed by atoms with E-state index in [1.165, 1.54) is 41.5 Å². The number of thiophene rings is 1. The van der Waals surface area contributed by atoms with Crippen molar-refractivity contribution in [3.63, 3.8) is 0 Å². The molecule has 2 N–H and O–H groups in total. The molecular formula is C16H15NO5S. The molecule has 0 unspecified atom stereocenters. The first-order valence-corrected chi connectivity index (χ1v) is 7.82. The molecule has 1 aromatic carbocycles. The lowest BCUT2D eigenvalue weighted by atomic mass is 10.1. The molecule has 6 nitrogen and oxygen atoms in total. The number of carboxylic acid groups (broad SMARTS) is 1. The average Bonchev–Trinajstić information content (AvgIpc) is 2.99. The summed E-state index contributed by atoms with van der Waals surface area (Å²) in [6.07, 6.45) is 0.823. The predicted octanol–water partition coefficient (Wildman–Crippen LogP) is 2.78. The minimum atomic E-state index is -1.05.